The van der Waals surface area contributed by atoms with Crippen LogP contribution in [-0.4, -0.2) is 28.3 Å². The van der Waals surface area contributed by atoms with E-state index in [1.165, 1.54) is 9.58 Å². The third-order valence-electron chi connectivity index (χ3n) is 5.38. The SMILES string of the molecule is COc1ccc(C2=NN(C(=O)Cn3c(=O)oc4cc(Cl)ccc43)[C@@H](c3ccco3)C2)cc1. The van der Waals surface area contributed by atoms with Crippen LogP contribution < -0.4 is 10.5 Å². The zero-order valence-corrected chi connectivity index (χ0v) is 17.8. The maximum Gasteiger partial charge on any atom is 0.420 e. The molecule has 8 nitrogen and oxygen atoms in total. The number of carbonyl (C=O) groups excluding carboxylic acids is 1. The first-order valence-electron chi connectivity index (χ1n) is 9.90. The molecule has 0 aliphatic carbocycles. The van der Waals surface area contributed by atoms with Gasteiger partial charge in [0.1, 0.15) is 24.1 Å². The number of amides is 1. The number of ether oxygens (including phenoxy) is 1. The van der Waals surface area contributed by atoms with Crippen LogP contribution in [-0.2, 0) is 11.3 Å². The Bertz CT molecular complexity index is 1370. The maximum atomic E-state index is 13.3. The van der Waals surface area contributed by atoms with Crippen LogP contribution in [0.25, 0.3) is 11.1 Å². The van der Waals surface area contributed by atoms with Crippen LogP contribution in [0.15, 0.2) is 79.6 Å². The van der Waals surface area contributed by atoms with Crippen molar-refractivity contribution in [3.8, 4) is 5.75 Å². The molecule has 0 N–H and O–H groups in total. The zero-order valence-electron chi connectivity index (χ0n) is 17.0. The van der Waals surface area contributed by atoms with Crippen LogP contribution in [0.1, 0.15) is 23.8 Å². The molecule has 2 aromatic heterocycles. The molecular formula is C23H18ClN3O5. The summed E-state index contributed by atoms with van der Waals surface area (Å²) in [6.45, 7) is -0.232. The van der Waals surface area contributed by atoms with E-state index in [4.69, 9.17) is 25.2 Å². The van der Waals surface area contributed by atoms with Gasteiger partial charge in [-0.05, 0) is 54.1 Å². The molecule has 0 saturated heterocycles. The van der Waals surface area contributed by atoms with Gasteiger partial charge < -0.3 is 13.6 Å². The molecule has 0 fully saturated rings. The number of methoxy groups -OCH3 is 1. The summed E-state index contributed by atoms with van der Waals surface area (Å²) in [5, 5.41) is 6.40. The molecule has 3 heterocycles. The highest BCUT2D eigenvalue weighted by Gasteiger charge is 2.35. The molecule has 9 heteroatoms. The summed E-state index contributed by atoms with van der Waals surface area (Å²) in [5.74, 6) is 0.342. The van der Waals surface area contributed by atoms with Crippen LogP contribution >= 0.6 is 11.6 Å². The second-order valence-corrected chi connectivity index (χ2v) is 7.75. The van der Waals surface area contributed by atoms with Gasteiger partial charge in [-0.25, -0.2) is 9.80 Å². The largest absolute Gasteiger partial charge is 0.497 e. The van der Waals surface area contributed by atoms with E-state index in [9.17, 15) is 9.59 Å². The van der Waals surface area contributed by atoms with Crippen molar-refractivity contribution < 1.29 is 18.4 Å². The third-order valence-corrected chi connectivity index (χ3v) is 5.62. The van der Waals surface area contributed by atoms with Gasteiger partial charge in [0.2, 0.25) is 0 Å². The van der Waals surface area contributed by atoms with E-state index in [1.807, 2.05) is 24.3 Å². The van der Waals surface area contributed by atoms with Crippen molar-refractivity contribution in [3.05, 3.63) is 87.8 Å². The molecular weight excluding hydrogens is 434 g/mol. The number of nitrogens with zero attached hydrogens (tertiary/aromatic N) is 3. The lowest BCUT2D eigenvalue weighted by Crippen LogP contribution is -2.32. The van der Waals surface area contributed by atoms with Crippen molar-refractivity contribution >= 4 is 34.3 Å². The topological polar surface area (TPSA) is 90.2 Å². The van der Waals surface area contributed by atoms with Crippen LogP contribution in [0.2, 0.25) is 5.02 Å². The van der Waals surface area contributed by atoms with Crippen LogP contribution in [0.3, 0.4) is 0 Å². The van der Waals surface area contributed by atoms with Crippen molar-refractivity contribution in [1.82, 2.24) is 9.58 Å². The Hall–Kier alpha value is -3.78. The monoisotopic (exact) mass is 451 g/mol. The van der Waals surface area contributed by atoms with Crippen molar-refractivity contribution in [2.45, 2.75) is 19.0 Å². The predicted octanol–water partition coefficient (Wildman–Crippen LogP) is 4.23. The number of hydrogen-bond donors (Lipinski definition) is 0. The molecule has 5 rings (SSSR count). The molecule has 2 aromatic carbocycles. The van der Waals surface area contributed by atoms with Crippen molar-refractivity contribution in [2.24, 2.45) is 5.10 Å². The minimum Gasteiger partial charge on any atom is -0.497 e. The van der Waals surface area contributed by atoms with Gasteiger partial charge in [-0.3, -0.25) is 9.36 Å². The van der Waals surface area contributed by atoms with Gasteiger partial charge in [0, 0.05) is 17.5 Å². The lowest BCUT2D eigenvalue weighted by Gasteiger charge is -2.19. The molecule has 0 radical (unpaired) electrons. The van der Waals surface area contributed by atoms with E-state index in [0.717, 1.165) is 17.0 Å². The van der Waals surface area contributed by atoms with E-state index >= 15 is 0 Å². The first-order valence-corrected chi connectivity index (χ1v) is 10.3. The molecule has 0 spiro atoms. The Labute approximate surface area is 187 Å². The highest BCUT2D eigenvalue weighted by atomic mass is 35.5. The zero-order chi connectivity index (χ0) is 22.2. The Morgan fingerprint density at radius 2 is 2.03 bits per heavy atom. The number of hydrogen-bond acceptors (Lipinski definition) is 6. The molecule has 0 unspecified atom stereocenters. The van der Waals surface area contributed by atoms with E-state index in [0.29, 0.717) is 28.3 Å². The van der Waals surface area contributed by atoms with E-state index in [2.05, 4.69) is 5.10 Å². The summed E-state index contributed by atoms with van der Waals surface area (Å²) in [5.41, 5.74) is 2.42. The molecule has 1 amide bonds. The first kappa shape index (κ1) is 20.1. The summed E-state index contributed by atoms with van der Waals surface area (Å²) < 4.78 is 17.3. The number of aromatic nitrogens is 1. The first-order chi connectivity index (χ1) is 15.5. The van der Waals surface area contributed by atoms with Gasteiger partial charge in [-0.2, -0.15) is 5.10 Å². The normalized spacial score (nSPS) is 15.9. The van der Waals surface area contributed by atoms with E-state index in [1.54, 1.807) is 43.7 Å². The molecule has 0 bridgehead atoms. The summed E-state index contributed by atoms with van der Waals surface area (Å²) in [6.07, 6.45) is 2.03. The van der Waals surface area contributed by atoms with Crippen LogP contribution in [0, 0.1) is 0 Å². The molecule has 1 aliphatic rings. The standard InChI is InChI=1S/C23H18ClN3O5/c1-30-16-7-4-14(5-8-16)17-12-19(20-3-2-10-31-20)27(25-17)22(28)13-26-18-9-6-15(24)11-21(18)32-23(26)29/h2-11,19H,12-13H2,1H3/t19-/m1/s1. The Balaban J connectivity index is 1.48. The Morgan fingerprint density at radius 3 is 2.75 bits per heavy atom. The average molecular weight is 452 g/mol. The van der Waals surface area contributed by atoms with Crippen molar-refractivity contribution in [2.75, 3.05) is 7.11 Å². The van der Waals surface area contributed by atoms with Gasteiger partial charge in [-0.15, -0.1) is 0 Å². The second kappa shape index (κ2) is 8.05. The third kappa shape index (κ3) is 3.58. The van der Waals surface area contributed by atoms with Crippen molar-refractivity contribution in [3.63, 3.8) is 0 Å². The summed E-state index contributed by atoms with van der Waals surface area (Å²) in [7, 11) is 1.60. The van der Waals surface area contributed by atoms with E-state index in [-0.39, 0.29) is 12.5 Å². The fourth-order valence-corrected chi connectivity index (χ4v) is 3.96. The smallest absolute Gasteiger partial charge is 0.420 e. The molecule has 4 aromatic rings. The van der Waals surface area contributed by atoms with E-state index < -0.39 is 11.8 Å². The number of oxazole rings is 1. The summed E-state index contributed by atoms with van der Waals surface area (Å²) >= 11 is 5.98. The highest BCUT2D eigenvalue weighted by molar-refractivity contribution is 6.31. The molecule has 162 valence electrons. The minimum atomic E-state index is -0.635. The lowest BCUT2D eigenvalue weighted by molar-refractivity contribution is -0.134. The molecule has 1 atom stereocenters. The van der Waals surface area contributed by atoms with Crippen LogP contribution in [0.4, 0.5) is 0 Å². The number of rotatable bonds is 5. The van der Waals surface area contributed by atoms with Crippen molar-refractivity contribution in [1.29, 1.82) is 0 Å². The summed E-state index contributed by atoms with van der Waals surface area (Å²) in [4.78, 5) is 25.7. The number of hydrazone groups is 1. The number of furan rings is 1. The van der Waals surface area contributed by atoms with Gasteiger partial charge in [-0.1, -0.05) is 11.6 Å². The average Bonchev–Trinajstić information content (AvgIpc) is 3.53. The maximum absolute atomic E-state index is 13.3. The second-order valence-electron chi connectivity index (χ2n) is 7.32. The minimum absolute atomic E-state index is 0.232. The van der Waals surface area contributed by atoms with Crippen LogP contribution in [0.5, 0.6) is 5.75 Å². The number of fused-ring (bicyclic) bond motifs is 1. The number of halogens is 1. The van der Waals surface area contributed by atoms with Gasteiger partial charge in [0.25, 0.3) is 5.91 Å². The number of carbonyl (C=O) groups is 1. The molecule has 0 saturated carbocycles. The molecule has 1 aliphatic heterocycles. The number of benzene rings is 2. The Kier molecular flexibility index (Phi) is 5.07. The lowest BCUT2D eigenvalue weighted by atomic mass is 10.0. The molecule has 32 heavy (non-hydrogen) atoms. The van der Waals surface area contributed by atoms with Gasteiger partial charge in [0.05, 0.1) is 24.6 Å². The quantitative estimate of drug-likeness (QED) is 0.453. The predicted molar refractivity (Wildman–Crippen MR) is 118 cm³/mol. The fraction of sp³-hybridized carbons (Fsp3) is 0.174. The fourth-order valence-electron chi connectivity index (χ4n) is 3.80. The highest BCUT2D eigenvalue weighted by Crippen LogP contribution is 2.33. The summed E-state index contributed by atoms with van der Waals surface area (Å²) in [6, 6.07) is 15.4. The van der Waals surface area contributed by atoms with Gasteiger partial charge in [0.15, 0.2) is 5.58 Å². The van der Waals surface area contributed by atoms with Gasteiger partial charge >= 0.3 is 5.76 Å². The Morgan fingerprint density at radius 1 is 1.22 bits per heavy atom.